The van der Waals surface area contributed by atoms with Crippen molar-refractivity contribution in [3.05, 3.63) is 33.8 Å². The highest BCUT2D eigenvalue weighted by Gasteiger charge is 2.41. The number of hydrogen-bond acceptors (Lipinski definition) is 4. The van der Waals surface area contributed by atoms with Crippen LogP contribution in [0.5, 0.6) is 0 Å². The number of carbonyl (C=O) groups is 1. The molecule has 1 amide bonds. The predicted molar refractivity (Wildman–Crippen MR) is 103 cm³/mol. The molecule has 150 valence electrons. The average molecular weight is 384 g/mol. The summed E-state index contributed by atoms with van der Waals surface area (Å²) < 4.78 is 5.40. The van der Waals surface area contributed by atoms with Crippen LogP contribution in [0.1, 0.15) is 49.3 Å². The smallest absolute Gasteiger partial charge is 0.334 e. The van der Waals surface area contributed by atoms with Crippen LogP contribution in [0.15, 0.2) is 10.9 Å². The van der Waals surface area contributed by atoms with Crippen LogP contribution in [-0.2, 0) is 30.8 Å². The molecule has 2 aliphatic heterocycles. The Morgan fingerprint density at radius 1 is 1.11 bits per heavy atom. The van der Waals surface area contributed by atoms with Gasteiger partial charge in [-0.1, -0.05) is 0 Å². The molecule has 28 heavy (non-hydrogen) atoms. The molecule has 2 aromatic rings. The molecular weight excluding hydrogens is 356 g/mol. The minimum atomic E-state index is 0.00416. The van der Waals surface area contributed by atoms with Gasteiger partial charge in [0.1, 0.15) is 5.82 Å². The first-order valence-electron chi connectivity index (χ1n) is 10.5. The molecule has 0 unspecified atom stereocenters. The Hall–Kier alpha value is -2.38. The molecule has 2 atom stereocenters. The molecule has 1 aliphatic carbocycles. The van der Waals surface area contributed by atoms with E-state index in [0.29, 0.717) is 31.8 Å². The Balaban J connectivity index is 1.31. The summed E-state index contributed by atoms with van der Waals surface area (Å²) in [6.45, 7) is 5.93. The van der Waals surface area contributed by atoms with E-state index < -0.39 is 0 Å². The molecule has 0 spiro atoms. The van der Waals surface area contributed by atoms with E-state index in [-0.39, 0.29) is 23.7 Å². The van der Waals surface area contributed by atoms with E-state index in [1.54, 1.807) is 4.68 Å². The lowest BCUT2D eigenvalue weighted by molar-refractivity contribution is -0.134. The Kier molecular flexibility index (Phi) is 4.17. The normalized spacial score (nSPS) is 23.7. The molecule has 2 bridgehead atoms. The zero-order valence-corrected chi connectivity index (χ0v) is 16.7. The predicted octanol–water partition coefficient (Wildman–Crippen LogP) is 1.27. The van der Waals surface area contributed by atoms with Crippen molar-refractivity contribution in [3.8, 4) is 0 Å². The van der Waals surface area contributed by atoms with E-state index in [1.807, 2.05) is 34.1 Å². The van der Waals surface area contributed by atoms with Crippen LogP contribution in [0.3, 0.4) is 0 Å². The van der Waals surface area contributed by atoms with Crippen molar-refractivity contribution in [2.45, 2.75) is 84.1 Å². The summed E-state index contributed by atoms with van der Waals surface area (Å²) in [7, 11) is 0. The minimum absolute atomic E-state index is 0.00416. The van der Waals surface area contributed by atoms with E-state index in [4.69, 9.17) is 0 Å². The fraction of sp³-hybridized carbons (Fsp3) is 0.700. The summed E-state index contributed by atoms with van der Waals surface area (Å²) in [5.41, 5.74) is 2.07. The number of nitrogens with zero attached hydrogens (tertiary/aromatic N) is 6. The Labute approximate surface area is 164 Å². The minimum Gasteiger partial charge on any atom is -0.334 e. The van der Waals surface area contributed by atoms with Gasteiger partial charge in [-0.2, -0.15) is 10.2 Å². The maximum Gasteiger partial charge on any atom is 0.345 e. The van der Waals surface area contributed by atoms with E-state index in [9.17, 15) is 9.59 Å². The van der Waals surface area contributed by atoms with Crippen LogP contribution in [0.25, 0.3) is 0 Å². The van der Waals surface area contributed by atoms with Gasteiger partial charge in [0.15, 0.2) is 0 Å². The monoisotopic (exact) mass is 384 g/mol. The third kappa shape index (κ3) is 3.08. The van der Waals surface area contributed by atoms with Crippen LogP contribution in [-0.4, -0.2) is 47.0 Å². The molecule has 8 heteroatoms. The Bertz CT molecular complexity index is 966. The van der Waals surface area contributed by atoms with Crippen molar-refractivity contribution in [2.75, 3.05) is 0 Å². The number of carbonyl (C=O) groups excluding carboxylic acids is 1. The first-order chi connectivity index (χ1) is 13.5. The average Bonchev–Trinajstić information content (AvgIpc) is 3.24. The third-order valence-corrected chi connectivity index (χ3v) is 6.49. The summed E-state index contributed by atoms with van der Waals surface area (Å²) in [5.74, 6) is 1.65. The molecule has 0 radical (unpaired) electrons. The van der Waals surface area contributed by atoms with Crippen molar-refractivity contribution in [1.82, 2.24) is 29.0 Å². The molecule has 0 N–H and O–H groups in total. The molecule has 1 saturated heterocycles. The number of aryl methyl sites for hydroxylation is 3. The quantitative estimate of drug-likeness (QED) is 0.778. The highest BCUT2D eigenvalue weighted by molar-refractivity contribution is 5.77. The molecule has 5 rings (SSSR count). The van der Waals surface area contributed by atoms with Crippen LogP contribution in [0, 0.1) is 19.8 Å². The summed E-state index contributed by atoms with van der Waals surface area (Å²) >= 11 is 0. The van der Waals surface area contributed by atoms with Gasteiger partial charge in [-0.3, -0.25) is 14.0 Å². The molecule has 2 fully saturated rings. The third-order valence-electron chi connectivity index (χ3n) is 6.49. The number of amides is 1. The number of rotatable bonds is 5. The van der Waals surface area contributed by atoms with Crippen molar-refractivity contribution in [1.29, 1.82) is 0 Å². The van der Waals surface area contributed by atoms with Gasteiger partial charge >= 0.3 is 5.69 Å². The van der Waals surface area contributed by atoms with E-state index in [2.05, 4.69) is 10.2 Å². The van der Waals surface area contributed by atoms with Gasteiger partial charge in [-0.15, -0.1) is 0 Å². The second-order valence-electron chi connectivity index (χ2n) is 8.73. The van der Waals surface area contributed by atoms with Crippen molar-refractivity contribution < 1.29 is 4.79 Å². The fourth-order valence-electron chi connectivity index (χ4n) is 4.89. The molecule has 1 saturated carbocycles. The van der Waals surface area contributed by atoms with Crippen molar-refractivity contribution >= 4 is 5.91 Å². The van der Waals surface area contributed by atoms with E-state index in [0.717, 1.165) is 36.6 Å². The van der Waals surface area contributed by atoms with Crippen LogP contribution >= 0.6 is 0 Å². The molecule has 3 aliphatic rings. The zero-order valence-electron chi connectivity index (χ0n) is 16.7. The van der Waals surface area contributed by atoms with Gasteiger partial charge in [0, 0.05) is 44.2 Å². The van der Waals surface area contributed by atoms with Crippen LogP contribution in [0.2, 0.25) is 0 Å². The first kappa shape index (κ1) is 17.7. The SMILES string of the molecule is Cc1cc(C)n(CCC(=O)N2[C@@H]3CC[C@H]2Cc2nn(CC4CC4)c(=O)n2C3)n1. The molecular formula is C20H28N6O2. The second-order valence-corrected chi connectivity index (χ2v) is 8.73. The maximum absolute atomic E-state index is 13.1. The maximum atomic E-state index is 13.1. The Morgan fingerprint density at radius 3 is 2.61 bits per heavy atom. The number of hydrogen-bond donors (Lipinski definition) is 0. The van der Waals surface area contributed by atoms with Gasteiger partial charge in [-0.05, 0) is 51.5 Å². The summed E-state index contributed by atoms with van der Waals surface area (Å²) in [6.07, 6.45) is 5.52. The van der Waals surface area contributed by atoms with Crippen LogP contribution in [0.4, 0.5) is 0 Å². The van der Waals surface area contributed by atoms with Gasteiger partial charge in [-0.25, -0.2) is 9.48 Å². The topological polar surface area (TPSA) is 78.0 Å². The zero-order chi connectivity index (χ0) is 19.4. The summed E-state index contributed by atoms with van der Waals surface area (Å²) in [4.78, 5) is 27.9. The van der Waals surface area contributed by atoms with Crippen LogP contribution < -0.4 is 5.69 Å². The number of fused-ring (bicyclic) bond motifs is 3. The van der Waals surface area contributed by atoms with Gasteiger partial charge < -0.3 is 4.90 Å². The molecule has 4 heterocycles. The highest BCUT2D eigenvalue weighted by Crippen LogP contribution is 2.32. The standard InChI is InChI=1S/C20H28N6O2/c1-13-9-14(2)24(21-13)8-7-19(27)26-16-5-6-17(26)12-23-18(10-16)22-25(20(23)28)11-15-3-4-15/h9,15-17H,3-8,10-12H2,1-2H3/t16-,17+/m0/s1. The van der Waals surface area contributed by atoms with Crippen molar-refractivity contribution in [3.63, 3.8) is 0 Å². The lowest BCUT2D eigenvalue weighted by Gasteiger charge is -2.28. The fourth-order valence-corrected chi connectivity index (χ4v) is 4.89. The van der Waals surface area contributed by atoms with Gasteiger partial charge in [0.05, 0.1) is 11.7 Å². The first-order valence-corrected chi connectivity index (χ1v) is 10.5. The van der Waals surface area contributed by atoms with Gasteiger partial charge in [0.25, 0.3) is 0 Å². The highest BCUT2D eigenvalue weighted by atomic mass is 16.2. The molecule has 8 nitrogen and oxygen atoms in total. The van der Waals surface area contributed by atoms with E-state index in [1.165, 1.54) is 12.8 Å². The summed E-state index contributed by atoms with van der Waals surface area (Å²) in [6, 6.07) is 2.30. The molecule has 0 aromatic carbocycles. The largest absolute Gasteiger partial charge is 0.345 e. The van der Waals surface area contributed by atoms with E-state index >= 15 is 0 Å². The number of aromatic nitrogens is 5. The lowest BCUT2D eigenvalue weighted by atomic mass is 10.1. The molecule has 2 aromatic heterocycles. The summed E-state index contributed by atoms with van der Waals surface area (Å²) in [5, 5.41) is 9.09. The lowest BCUT2D eigenvalue weighted by Crippen LogP contribution is -2.43. The van der Waals surface area contributed by atoms with Crippen molar-refractivity contribution in [2.24, 2.45) is 5.92 Å². The van der Waals surface area contributed by atoms with Gasteiger partial charge in [0.2, 0.25) is 5.91 Å². The second kappa shape index (κ2) is 6.60. The Morgan fingerprint density at radius 2 is 1.89 bits per heavy atom.